The van der Waals surface area contributed by atoms with Crippen molar-refractivity contribution in [1.82, 2.24) is 0 Å². The van der Waals surface area contributed by atoms with Crippen LogP contribution in [0.1, 0.15) is 27.2 Å². The van der Waals surface area contributed by atoms with Crippen molar-refractivity contribution in [2.24, 2.45) is 0 Å². The van der Waals surface area contributed by atoms with E-state index in [-0.39, 0.29) is 13.0 Å². The molecule has 114 valence electrons. The van der Waals surface area contributed by atoms with Crippen molar-refractivity contribution < 1.29 is 38.4 Å². The van der Waals surface area contributed by atoms with Crippen LogP contribution in [0.4, 0.5) is 0 Å². The highest BCUT2D eigenvalue weighted by atomic mass is 16.7. The number of ether oxygens (including phenoxy) is 4. The third-order valence-electron chi connectivity index (χ3n) is 2.57. The normalized spacial score (nSPS) is 29.4. The van der Waals surface area contributed by atoms with E-state index in [1.807, 2.05) is 0 Å². The van der Waals surface area contributed by atoms with Crippen molar-refractivity contribution in [2.75, 3.05) is 6.61 Å². The molecule has 4 atom stereocenters. The number of hydrogen-bond acceptors (Lipinski definition) is 8. The first kappa shape index (κ1) is 16.4. The minimum Gasteiger partial charge on any atom is -0.463 e. The van der Waals surface area contributed by atoms with E-state index in [1.54, 1.807) is 0 Å². The molecule has 20 heavy (non-hydrogen) atoms. The van der Waals surface area contributed by atoms with Crippen LogP contribution in [0.5, 0.6) is 0 Å². The highest BCUT2D eigenvalue weighted by Gasteiger charge is 2.43. The molecule has 1 saturated heterocycles. The van der Waals surface area contributed by atoms with Gasteiger partial charge in [-0.2, -0.15) is 0 Å². The summed E-state index contributed by atoms with van der Waals surface area (Å²) >= 11 is 0. The van der Waals surface area contributed by atoms with E-state index in [0.717, 1.165) is 0 Å². The first-order valence-electron chi connectivity index (χ1n) is 6.11. The molecule has 1 rings (SSSR count). The molecule has 1 aliphatic rings. The highest BCUT2D eigenvalue weighted by Crippen LogP contribution is 2.25. The lowest BCUT2D eigenvalue weighted by Gasteiger charge is -2.38. The zero-order valence-electron chi connectivity index (χ0n) is 11.5. The second kappa shape index (κ2) is 7.20. The van der Waals surface area contributed by atoms with E-state index in [2.05, 4.69) is 0 Å². The molecular weight excluding hydrogens is 272 g/mol. The van der Waals surface area contributed by atoms with Gasteiger partial charge in [0.2, 0.25) is 0 Å². The lowest BCUT2D eigenvalue weighted by Crippen LogP contribution is -2.53. The molecule has 0 aromatic heterocycles. The largest absolute Gasteiger partial charge is 0.463 e. The average Bonchev–Trinajstić information content (AvgIpc) is 2.28. The molecule has 0 radical (unpaired) electrons. The van der Waals surface area contributed by atoms with E-state index < -0.39 is 42.5 Å². The maximum absolute atomic E-state index is 11.1. The monoisotopic (exact) mass is 290 g/mol. The van der Waals surface area contributed by atoms with E-state index in [1.165, 1.54) is 20.8 Å². The summed E-state index contributed by atoms with van der Waals surface area (Å²) in [5.41, 5.74) is 0. The van der Waals surface area contributed by atoms with Crippen molar-refractivity contribution in [3.05, 3.63) is 0 Å². The Kier molecular flexibility index (Phi) is 5.90. The number of carbonyl (C=O) groups is 3. The van der Waals surface area contributed by atoms with Gasteiger partial charge in [0.05, 0.1) is 0 Å². The van der Waals surface area contributed by atoms with E-state index >= 15 is 0 Å². The van der Waals surface area contributed by atoms with Crippen LogP contribution in [0.3, 0.4) is 0 Å². The Hall–Kier alpha value is -1.67. The number of aliphatic hydroxyl groups is 1. The second-order valence-electron chi connectivity index (χ2n) is 4.39. The summed E-state index contributed by atoms with van der Waals surface area (Å²) in [6, 6.07) is 0. The molecule has 1 fully saturated rings. The van der Waals surface area contributed by atoms with Crippen LogP contribution < -0.4 is 0 Å². The van der Waals surface area contributed by atoms with Gasteiger partial charge in [-0.05, 0) is 0 Å². The maximum atomic E-state index is 11.1. The predicted octanol–water partition coefficient (Wildman–Crippen LogP) is -0.480. The lowest BCUT2D eigenvalue weighted by molar-refractivity contribution is -0.252. The Morgan fingerprint density at radius 2 is 1.70 bits per heavy atom. The zero-order valence-corrected chi connectivity index (χ0v) is 11.5. The predicted molar refractivity (Wildman–Crippen MR) is 63.2 cm³/mol. The van der Waals surface area contributed by atoms with Gasteiger partial charge in [-0.1, -0.05) is 0 Å². The third kappa shape index (κ3) is 5.14. The minimum absolute atomic E-state index is 0.0336. The summed E-state index contributed by atoms with van der Waals surface area (Å²) in [6.45, 7) is 3.39. The fourth-order valence-electron chi connectivity index (χ4n) is 1.91. The Morgan fingerprint density at radius 1 is 1.10 bits per heavy atom. The molecule has 0 amide bonds. The number of esters is 3. The van der Waals surface area contributed by atoms with Gasteiger partial charge in [0.25, 0.3) is 0 Å². The van der Waals surface area contributed by atoms with Crippen molar-refractivity contribution in [2.45, 2.75) is 51.8 Å². The molecule has 8 heteroatoms. The molecule has 0 bridgehead atoms. The Bertz CT molecular complexity index is 380. The van der Waals surface area contributed by atoms with Gasteiger partial charge in [-0.3, -0.25) is 14.4 Å². The molecule has 1 aliphatic heterocycles. The quantitative estimate of drug-likeness (QED) is 0.546. The molecule has 8 nitrogen and oxygen atoms in total. The van der Waals surface area contributed by atoms with Crippen LogP contribution >= 0.6 is 0 Å². The van der Waals surface area contributed by atoms with Gasteiger partial charge in [-0.15, -0.1) is 0 Å². The third-order valence-corrected chi connectivity index (χ3v) is 2.57. The summed E-state index contributed by atoms with van der Waals surface area (Å²) in [5.74, 6) is -1.72. The molecular formula is C12H18O8. The van der Waals surface area contributed by atoms with Gasteiger partial charge in [0.1, 0.15) is 18.8 Å². The van der Waals surface area contributed by atoms with Crippen molar-refractivity contribution in [3.63, 3.8) is 0 Å². The van der Waals surface area contributed by atoms with Gasteiger partial charge in [0.15, 0.2) is 12.4 Å². The van der Waals surface area contributed by atoms with E-state index in [4.69, 9.17) is 18.9 Å². The summed E-state index contributed by atoms with van der Waals surface area (Å²) in [6.07, 6.45) is -3.95. The highest BCUT2D eigenvalue weighted by molar-refractivity contribution is 5.67. The molecule has 0 aromatic rings. The van der Waals surface area contributed by atoms with Crippen LogP contribution in [0.15, 0.2) is 0 Å². The van der Waals surface area contributed by atoms with Crippen molar-refractivity contribution in [1.29, 1.82) is 0 Å². The fourth-order valence-corrected chi connectivity index (χ4v) is 1.91. The molecule has 0 spiro atoms. The molecule has 0 unspecified atom stereocenters. The molecule has 0 aromatic carbocycles. The minimum atomic E-state index is -1.20. The maximum Gasteiger partial charge on any atom is 0.303 e. The van der Waals surface area contributed by atoms with Gasteiger partial charge < -0.3 is 24.1 Å². The average molecular weight is 290 g/mol. The SMILES string of the molecule is CC(=O)OC[C@H]1O[C@H](O)C[C@H](OC(C)=O)[C@H]1OC(C)=O. The summed E-state index contributed by atoms with van der Waals surface area (Å²) < 4.78 is 20.0. The Morgan fingerprint density at radius 3 is 2.20 bits per heavy atom. The van der Waals surface area contributed by atoms with Crippen molar-refractivity contribution >= 4 is 17.9 Å². The van der Waals surface area contributed by atoms with Crippen LogP contribution in [-0.2, 0) is 33.3 Å². The summed E-state index contributed by atoms with van der Waals surface area (Å²) in [7, 11) is 0. The van der Waals surface area contributed by atoms with Gasteiger partial charge in [0, 0.05) is 27.2 Å². The topological polar surface area (TPSA) is 108 Å². The van der Waals surface area contributed by atoms with Gasteiger partial charge in [-0.25, -0.2) is 0 Å². The summed E-state index contributed by atoms with van der Waals surface area (Å²) in [4.78, 5) is 33.0. The van der Waals surface area contributed by atoms with Crippen molar-refractivity contribution in [3.8, 4) is 0 Å². The molecule has 0 saturated carbocycles. The number of carbonyl (C=O) groups excluding carboxylic acids is 3. The zero-order chi connectivity index (χ0) is 15.3. The number of aliphatic hydroxyl groups excluding tert-OH is 1. The number of rotatable bonds is 4. The van der Waals surface area contributed by atoms with Gasteiger partial charge >= 0.3 is 17.9 Å². The molecule has 0 aliphatic carbocycles. The molecule has 1 heterocycles. The Labute approximate surface area is 115 Å². The lowest BCUT2D eigenvalue weighted by atomic mass is 10.0. The summed E-state index contributed by atoms with van der Waals surface area (Å²) in [5, 5.41) is 9.59. The fraction of sp³-hybridized carbons (Fsp3) is 0.750. The van der Waals surface area contributed by atoms with E-state index in [0.29, 0.717) is 0 Å². The smallest absolute Gasteiger partial charge is 0.303 e. The van der Waals surface area contributed by atoms with Crippen LogP contribution in [-0.4, -0.2) is 54.2 Å². The Balaban J connectivity index is 2.82. The van der Waals surface area contributed by atoms with Crippen LogP contribution in [0.25, 0.3) is 0 Å². The standard InChI is InChI=1S/C12H18O8/c1-6(13)17-5-10-12(19-8(3)15)9(18-7(2)14)4-11(16)20-10/h9-12,16H,4-5H2,1-3H3/t9-,10+,11-,12+/m0/s1. The molecule has 1 N–H and O–H groups in total. The van der Waals surface area contributed by atoms with Crippen LogP contribution in [0.2, 0.25) is 0 Å². The van der Waals surface area contributed by atoms with Crippen LogP contribution in [0, 0.1) is 0 Å². The van der Waals surface area contributed by atoms with E-state index in [9.17, 15) is 19.5 Å². The second-order valence-corrected chi connectivity index (χ2v) is 4.39. The first-order chi connectivity index (χ1) is 9.29. The first-order valence-corrected chi connectivity index (χ1v) is 6.11. The number of hydrogen-bond donors (Lipinski definition) is 1.